The van der Waals surface area contributed by atoms with Crippen LogP contribution in [0.4, 0.5) is 0 Å². The molecule has 0 aliphatic carbocycles. The Morgan fingerprint density at radius 3 is 2.90 bits per heavy atom. The van der Waals surface area contributed by atoms with E-state index in [0.717, 1.165) is 81.4 Å². The fourth-order valence-corrected chi connectivity index (χ4v) is 4.79. The van der Waals surface area contributed by atoms with Crippen molar-refractivity contribution >= 4 is 34.5 Å². The molecule has 0 spiro atoms. The predicted octanol–water partition coefficient (Wildman–Crippen LogP) is 4.72. The lowest BCUT2D eigenvalue weighted by molar-refractivity contribution is 0.214. The van der Waals surface area contributed by atoms with Crippen LogP contribution in [0.25, 0.3) is 10.9 Å². The standard InChI is InChI=1S/C24H31ClN4OS/c25-20-7-8-24-23(16-20)19(18-27-24)4-2-9-28-31-22-6-1-5-21(17-22)30-15-3-12-29-13-10-26-11-14-29/h1,5-8,16-18,26-28H,2-4,9-15H2. The SMILES string of the molecule is Clc1ccc2[nH]cc(CCCNSc3cccc(OCCCN4CCNCC4)c3)c2c1. The molecule has 0 saturated carbocycles. The Kier molecular flexibility index (Phi) is 8.55. The Balaban J connectivity index is 1.14. The molecular weight excluding hydrogens is 428 g/mol. The van der Waals surface area contributed by atoms with E-state index in [2.05, 4.69) is 44.3 Å². The van der Waals surface area contributed by atoms with E-state index in [1.165, 1.54) is 15.8 Å². The topological polar surface area (TPSA) is 52.3 Å². The number of ether oxygens (including phenoxy) is 1. The highest BCUT2D eigenvalue weighted by Gasteiger charge is 2.08. The van der Waals surface area contributed by atoms with Gasteiger partial charge in [-0.15, -0.1) is 0 Å². The average molecular weight is 459 g/mol. The molecule has 3 aromatic rings. The summed E-state index contributed by atoms with van der Waals surface area (Å²) in [6.07, 6.45) is 5.24. The third-order valence-corrected chi connectivity index (χ3v) is 6.62. The number of fused-ring (bicyclic) bond motifs is 1. The van der Waals surface area contributed by atoms with Gasteiger partial charge in [0, 0.05) is 66.3 Å². The second-order valence-corrected chi connectivity index (χ2v) is 9.27. The summed E-state index contributed by atoms with van der Waals surface area (Å²) in [5.74, 6) is 0.947. The second-order valence-electron chi connectivity index (χ2n) is 7.87. The van der Waals surface area contributed by atoms with Crippen molar-refractivity contribution in [3.63, 3.8) is 0 Å². The number of halogens is 1. The molecule has 5 nitrogen and oxygen atoms in total. The van der Waals surface area contributed by atoms with Gasteiger partial charge in [-0.25, -0.2) is 0 Å². The van der Waals surface area contributed by atoms with E-state index in [-0.39, 0.29) is 0 Å². The fourth-order valence-electron chi connectivity index (χ4n) is 3.88. The maximum atomic E-state index is 6.14. The first-order valence-electron chi connectivity index (χ1n) is 11.1. The van der Waals surface area contributed by atoms with Gasteiger partial charge in [-0.1, -0.05) is 17.7 Å². The molecule has 1 fully saturated rings. The zero-order valence-corrected chi connectivity index (χ0v) is 19.4. The zero-order valence-electron chi connectivity index (χ0n) is 17.8. The lowest BCUT2D eigenvalue weighted by Gasteiger charge is -2.26. The number of nitrogens with zero attached hydrogens (tertiary/aromatic N) is 1. The number of H-pyrrole nitrogens is 1. The molecule has 0 atom stereocenters. The van der Waals surface area contributed by atoms with Crippen LogP contribution < -0.4 is 14.8 Å². The van der Waals surface area contributed by atoms with Crippen LogP contribution in [0.5, 0.6) is 5.75 Å². The van der Waals surface area contributed by atoms with E-state index in [1.54, 1.807) is 11.9 Å². The predicted molar refractivity (Wildman–Crippen MR) is 131 cm³/mol. The van der Waals surface area contributed by atoms with Crippen LogP contribution in [0.3, 0.4) is 0 Å². The van der Waals surface area contributed by atoms with Gasteiger partial charge >= 0.3 is 0 Å². The Morgan fingerprint density at radius 1 is 1.10 bits per heavy atom. The number of rotatable bonds is 11. The summed E-state index contributed by atoms with van der Waals surface area (Å²) >= 11 is 7.81. The number of hydrogen-bond acceptors (Lipinski definition) is 5. The first-order chi connectivity index (χ1) is 15.3. The van der Waals surface area contributed by atoms with E-state index < -0.39 is 0 Å². The summed E-state index contributed by atoms with van der Waals surface area (Å²) in [5.41, 5.74) is 2.46. The minimum absolute atomic E-state index is 0.764. The quantitative estimate of drug-likeness (QED) is 0.286. The fraction of sp³-hybridized carbons (Fsp3) is 0.417. The molecule has 1 saturated heterocycles. The van der Waals surface area contributed by atoms with Crippen LogP contribution in [0.2, 0.25) is 5.02 Å². The van der Waals surface area contributed by atoms with E-state index in [4.69, 9.17) is 16.3 Å². The lowest BCUT2D eigenvalue weighted by Crippen LogP contribution is -2.43. The minimum Gasteiger partial charge on any atom is -0.494 e. The lowest BCUT2D eigenvalue weighted by atomic mass is 10.1. The summed E-state index contributed by atoms with van der Waals surface area (Å²) in [4.78, 5) is 7.00. The van der Waals surface area contributed by atoms with Gasteiger partial charge in [0.2, 0.25) is 0 Å². The first kappa shape index (κ1) is 22.5. The van der Waals surface area contributed by atoms with E-state index in [9.17, 15) is 0 Å². The summed E-state index contributed by atoms with van der Waals surface area (Å²) in [7, 11) is 0. The molecule has 0 bridgehead atoms. The van der Waals surface area contributed by atoms with Gasteiger partial charge in [0.1, 0.15) is 5.75 Å². The summed E-state index contributed by atoms with van der Waals surface area (Å²) < 4.78 is 9.44. The van der Waals surface area contributed by atoms with E-state index >= 15 is 0 Å². The van der Waals surface area contributed by atoms with Gasteiger partial charge in [0.15, 0.2) is 0 Å². The highest BCUT2D eigenvalue weighted by atomic mass is 35.5. The van der Waals surface area contributed by atoms with Gasteiger partial charge in [-0.2, -0.15) is 0 Å². The maximum absolute atomic E-state index is 6.14. The molecule has 1 aromatic heterocycles. The van der Waals surface area contributed by atoms with Gasteiger partial charge in [-0.3, -0.25) is 4.72 Å². The number of piperazine rings is 1. The van der Waals surface area contributed by atoms with Crippen molar-refractivity contribution in [3.05, 3.63) is 59.2 Å². The van der Waals surface area contributed by atoms with Crippen molar-refractivity contribution in [2.45, 2.75) is 24.2 Å². The van der Waals surface area contributed by atoms with Crippen molar-refractivity contribution in [2.24, 2.45) is 0 Å². The third kappa shape index (κ3) is 6.89. The number of hydrogen-bond donors (Lipinski definition) is 3. The van der Waals surface area contributed by atoms with Crippen molar-refractivity contribution < 1.29 is 4.74 Å². The molecule has 166 valence electrons. The number of aromatic nitrogens is 1. The number of nitrogens with one attached hydrogen (secondary N) is 3. The van der Waals surface area contributed by atoms with Crippen LogP contribution in [-0.4, -0.2) is 55.8 Å². The molecule has 2 heterocycles. The van der Waals surface area contributed by atoms with Gasteiger partial charge < -0.3 is 19.9 Å². The Bertz CT molecular complexity index is 958. The molecule has 3 N–H and O–H groups in total. The second kappa shape index (κ2) is 11.8. The molecule has 4 rings (SSSR count). The molecule has 0 unspecified atom stereocenters. The van der Waals surface area contributed by atoms with E-state index in [0.29, 0.717) is 0 Å². The highest BCUT2D eigenvalue weighted by Crippen LogP contribution is 2.24. The van der Waals surface area contributed by atoms with Crippen molar-refractivity contribution in [3.8, 4) is 5.75 Å². The summed E-state index contributed by atoms with van der Waals surface area (Å²) in [6.45, 7) is 7.30. The third-order valence-electron chi connectivity index (χ3n) is 5.55. The first-order valence-corrected chi connectivity index (χ1v) is 12.3. The Morgan fingerprint density at radius 2 is 2.00 bits per heavy atom. The van der Waals surface area contributed by atoms with Crippen molar-refractivity contribution in [2.75, 3.05) is 45.9 Å². The van der Waals surface area contributed by atoms with Crippen molar-refractivity contribution in [1.29, 1.82) is 0 Å². The van der Waals surface area contributed by atoms with Crippen LogP contribution in [0.15, 0.2) is 53.6 Å². The highest BCUT2D eigenvalue weighted by molar-refractivity contribution is 7.97. The molecule has 31 heavy (non-hydrogen) atoms. The Hall–Kier alpha value is -1.70. The van der Waals surface area contributed by atoms with Crippen LogP contribution in [0.1, 0.15) is 18.4 Å². The van der Waals surface area contributed by atoms with Gasteiger partial charge in [0.25, 0.3) is 0 Å². The minimum atomic E-state index is 0.764. The monoisotopic (exact) mass is 458 g/mol. The number of benzene rings is 2. The number of aromatic amines is 1. The largest absolute Gasteiger partial charge is 0.494 e. The molecule has 0 radical (unpaired) electrons. The Labute approximate surface area is 194 Å². The zero-order chi connectivity index (χ0) is 21.3. The van der Waals surface area contributed by atoms with Gasteiger partial charge in [0.05, 0.1) is 6.61 Å². The molecule has 0 amide bonds. The molecule has 7 heteroatoms. The molecule has 1 aliphatic heterocycles. The molecular formula is C24H31ClN4OS. The average Bonchev–Trinajstić information content (AvgIpc) is 3.19. The van der Waals surface area contributed by atoms with E-state index in [1.807, 2.05) is 24.3 Å². The van der Waals surface area contributed by atoms with Crippen molar-refractivity contribution in [1.82, 2.24) is 19.9 Å². The summed E-state index contributed by atoms with van der Waals surface area (Å²) in [6, 6.07) is 14.3. The number of aryl methyl sites for hydroxylation is 1. The van der Waals surface area contributed by atoms with Crippen LogP contribution in [0, 0.1) is 0 Å². The molecule has 1 aliphatic rings. The van der Waals surface area contributed by atoms with Crippen LogP contribution >= 0.6 is 23.5 Å². The van der Waals surface area contributed by atoms with Gasteiger partial charge in [-0.05, 0) is 73.2 Å². The summed E-state index contributed by atoms with van der Waals surface area (Å²) in [5, 5.41) is 5.40. The smallest absolute Gasteiger partial charge is 0.120 e. The molecule has 2 aromatic carbocycles. The van der Waals surface area contributed by atoms with Crippen LogP contribution in [-0.2, 0) is 6.42 Å². The maximum Gasteiger partial charge on any atom is 0.120 e. The normalized spacial score (nSPS) is 14.9.